The number of ether oxygens (including phenoxy) is 1. The van der Waals surface area contributed by atoms with Crippen LogP contribution in [0.2, 0.25) is 5.02 Å². The molecule has 0 heterocycles. The molecule has 0 fully saturated rings. The van der Waals surface area contributed by atoms with Crippen LogP contribution in [0.5, 0.6) is 5.75 Å². The van der Waals surface area contributed by atoms with Crippen molar-refractivity contribution in [1.82, 2.24) is 5.43 Å². The van der Waals surface area contributed by atoms with E-state index in [9.17, 15) is 14.0 Å². The van der Waals surface area contributed by atoms with Gasteiger partial charge in [0.05, 0.1) is 16.9 Å². The molecule has 9 heteroatoms. The van der Waals surface area contributed by atoms with Crippen LogP contribution >= 0.6 is 27.5 Å². The molecule has 0 spiro atoms. The van der Waals surface area contributed by atoms with E-state index in [1.165, 1.54) is 24.4 Å². The number of anilines is 1. The van der Waals surface area contributed by atoms with Gasteiger partial charge in [0.15, 0.2) is 6.61 Å². The maximum Gasteiger partial charge on any atom is 0.271 e. The molecule has 3 aromatic carbocycles. The number of hydrogen-bond acceptors (Lipinski definition) is 4. The van der Waals surface area contributed by atoms with Gasteiger partial charge < -0.3 is 10.1 Å². The summed E-state index contributed by atoms with van der Waals surface area (Å²) in [6.45, 7) is -0.343. The van der Waals surface area contributed by atoms with E-state index in [2.05, 4.69) is 31.8 Å². The second-order valence-corrected chi connectivity index (χ2v) is 7.54. The van der Waals surface area contributed by atoms with Gasteiger partial charge in [-0.05, 0) is 60.2 Å². The summed E-state index contributed by atoms with van der Waals surface area (Å²) in [5.74, 6) is -1.13. The number of para-hydroxylation sites is 1. The summed E-state index contributed by atoms with van der Waals surface area (Å²) in [6, 6.07) is 17.5. The number of hydrogen-bond donors (Lipinski definition) is 2. The zero-order valence-electron chi connectivity index (χ0n) is 15.9. The average Bonchev–Trinajstić information content (AvgIpc) is 2.75. The van der Waals surface area contributed by atoms with Gasteiger partial charge in [-0.15, -0.1) is 0 Å². The lowest BCUT2D eigenvalue weighted by Crippen LogP contribution is -2.20. The first-order chi connectivity index (χ1) is 14.9. The summed E-state index contributed by atoms with van der Waals surface area (Å²) in [6.07, 6.45) is 1.43. The maximum atomic E-state index is 13.6. The van der Waals surface area contributed by atoms with Crippen LogP contribution in [0.3, 0.4) is 0 Å². The van der Waals surface area contributed by atoms with E-state index < -0.39 is 11.7 Å². The van der Waals surface area contributed by atoms with Crippen molar-refractivity contribution in [2.75, 3.05) is 11.9 Å². The number of rotatable bonds is 7. The molecule has 6 nitrogen and oxygen atoms in total. The summed E-state index contributed by atoms with van der Waals surface area (Å²) >= 11 is 9.49. The fraction of sp³-hybridized carbons (Fsp3) is 0.0455. The summed E-state index contributed by atoms with van der Waals surface area (Å²) in [5.41, 5.74) is 3.58. The summed E-state index contributed by atoms with van der Waals surface area (Å²) in [4.78, 5) is 24.0. The van der Waals surface area contributed by atoms with Crippen LogP contribution in [0.1, 0.15) is 15.9 Å². The molecule has 0 atom stereocenters. The third kappa shape index (κ3) is 6.63. The first-order valence-corrected chi connectivity index (χ1v) is 10.1. The van der Waals surface area contributed by atoms with Crippen LogP contribution in [0.4, 0.5) is 10.1 Å². The highest BCUT2D eigenvalue weighted by Gasteiger charge is 2.09. The van der Waals surface area contributed by atoms with E-state index >= 15 is 0 Å². The minimum atomic E-state index is -0.537. The fourth-order valence-electron chi connectivity index (χ4n) is 2.44. The van der Waals surface area contributed by atoms with Gasteiger partial charge >= 0.3 is 0 Å². The van der Waals surface area contributed by atoms with E-state index in [0.29, 0.717) is 11.1 Å². The molecule has 0 saturated heterocycles. The normalized spacial score (nSPS) is 10.7. The van der Waals surface area contributed by atoms with Crippen molar-refractivity contribution >= 4 is 51.2 Å². The average molecular weight is 505 g/mol. The van der Waals surface area contributed by atoms with Crippen LogP contribution in [0, 0.1) is 5.82 Å². The van der Waals surface area contributed by atoms with Crippen molar-refractivity contribution in [3.8, 4) is 5.75 Å². The van der Waals surface area contributed by atoms with Crippen molar-refractivity contribution in [3.63, 3.8) is 0 Å². The van der Waals surface area contributed by atoms with Crippen molar-refractivity contribution in [2.45, 2.75) is 0 Å². The summed E-state index contributed by atoms with van der Waals surface area (Å²) in [7, 11) is 0. The van der Waals surface area contributed by atoms with Gasteiger partial charge in [0.25, 0.3) is 11.8 Å². The Labute approximate surface area is 191 Å². The highest BCUT2D eigenvalue weighted by molar-refractivity contribution is 9.10. The molecule has 0 saturated carbocycles. The minimum Gasteiger partial charge on any atom is -0.482 e. The van der Waals surface area contributed by atoms with Crippen LogP contribution in [-0.4, -0.2) is 24.6 Å². The Kier molecular flexibility index (Phi) is 7.75. The van der Waals surface area contributed by atoms with Gasteiger partial charge in [0.1, 0.15) is 11.6 Å². The molecule has 0 aliphatic rings. The standard InChI is InChI=1S/C22H16BrClFN3O3/c23-16-8-6-15(7-9-16)22(30)28-26-12-14-5-10-20(17(24)11-14)31-13-21(29)27-19-4-2-1-3-18(19)25/h1-12H,13H2,(H,27,29)(H,28,30)/b26-12+. The van der Waals surface area contributed by atoms with E-state index in [1.807, 2.05) is 0 Å². The highest BCUT2D eigenvalue weighted by Crippen LogP contribution is 2.25. The number of carbonyl (C=O) groups excluding carboxylic acids is 2. The van der Waals surface area contributed by atoms with Gasteiger partial charge in [0, 0.05) is 10.0 Å². The molecular formula is C22H16BrClFN3O3. The van der Waals surface area contributed by atoms with Crippen molar-refractivity contribution in [1.29, 1.82) is 0 Å². The number of amides is 2. The molecule has 0 bridgehead atoms. The third-order valence-electron chi connectivity index (χ3n) is 3.95. The number of halogens is 3. The molecule has 31 heavy (non-hydrogen) atoms. The second-order valence-electron chi connectivity index (χ2n) is 6.21. The van der Waals surface area contributed by atoms with Gasteiger partial charge in [-0.25, -0.2) is 9.82 Å². The molecule has 0 radical (unpaired) electrons. The lowest BCUT2D eigenvalue weighted by Gasteiger charge is -2.09. The highest BCUT2D eigenvalue weighted by atomic mass is 79.9. The number of nitrogens with zero attached hydrogens (tertiary/aromatic N) is 1. The number of benzene rings is 3. The van der Waals surface area contributed by atoms with Crippen molar-refractivity contribution in [3.05, 3.63) is 93.2 Å². The molecule has 2 N–H and O–H groups in total. The van der Waals surface area contributed by atoms with Crippen LogP contribution in [0.25, 0.3) is 0 Å². The summed E-state index contributed by atoms with van der Waals surface area (Å²) in [5, 5.41) is 6.58. The van der Waals surface area contributed by atoms with Gasteiger partial charge in [-0.1, -0.05) is 39.7 Å². The fourth-order valence-corrected chi connectivity index (χ4v) is 2.95. The zero-order valence-corrected chi connectivity index (χ0v) is 18.3. The molecule has 0 aliphatic heterocycles. The van der Waals surface area contributed by atoms with E-state index in [1.54, 1.807) is 48.5 Å². The Morgan fingerprint density at radius 2 is 1.84 bits per heavy atom. The minimum absolute atomic E-state index is 0.0685. The molecule has 2 amide bonds. The van der Waals surface area contributed by atoms with E-state index in [4.69, 9.17) is 16.3 Å². The van der Waals surface area contributed by atoms with Crippen molar-refractivity contribution in [2.24, 2.45) is 5.10 Å². The van der Waals surface area contributed by atoms with Crippen LogP contribution in [-0.2, 0) is 4.79 Å². The molecule has 0 aromatic heterocycles. The molecule has 0 aliphatic carbocycles. The third-order valence-corrected chi connectivity index (χ3v) is 4.77. The molecule has 3 aromatic rings. The lowest BCUT2D eigenvalue weighted by atomic mass is 10.2. The van der Waals surface area contributed by atoms with E-state index in [-0.39, 0.29) is 29.0 Å². The quantitative estimate of drug-likeness (QED) is 0.350. The predicted molar refractivity (Wildman–Crippen MR) is 121 cm³/mol. The molecular weight excluding hydrogens is 489 g/mol. The zero-order chi connectivity index (χ0) is 22.2. The monoisotopic (exact) mass is 503 g/mol. The smallest absolute Gasteiger partial charge is 0.271 e. The predicted octanol–water partition coefficient (Wildman–Crippen LogP) is 5.02. The Balaban J connectivity index is 1.52. The Hall–Kier alpha value is -3.23. The largest absolute Gasteiger partial charge is 0.482 e. The lowest BCUT2D eigenvalue weighted by molar-refractivity contribution is -0.118. The van der Waals surface area contributed by atoms with Crippen LogP contribution < -0.4 is 15.5 Å². The number of nitrogens with one attached hydrogen (secondary N) is 2. The molecule has 158 valence electrons. The van der Waals surface area contributed by atoms with Gasteiger partial charge in [0.2, 0.25) is 0 Å². The number of carbonyl (C=O) groups is 2. The first kappa shape index (κ1) is 22.5. The Morgan fingerprint density at radius 1 is 1.10 bits per heavy atom. The Bertz CT molecular complexity index is 1120. The van der Waals surface area contributed by atoms with Crippen LogP contribution in [0.15, 0.2) is 76.3 Å². The molecule has 0 unspecified atom stereocenters. The number of hydrazone groups is 1. The van der Waals surface area contributed by atoms with Gasteiger partial charge in [-0.3, -0.25) is 9.59 Å². The SMILES string of the molecule is O=C(COc1ccc(/C=N/NC(=O)c2ccc(Br)cc2)cc1Cl)Nc1ccccc1F. The molecule has 3 rings (SSSR count). The maximum absolute atomic E-state index is 13.6. The summed E-state index contributed by atoms with van der Waals surface area (Å²) < 4.78 is 19.8. The first-order valence-electron chi connectivity index (χ1n) is 8.98. The Morgan fingerprint density at radius 3 is 2.55 bits per heavy atom. The van der Waals surface area contributed by atoms with Crippen molar-refractivity contribution < 1.29 is 18.7 Å². The second kappa shape index (κ2) is 10.7. The topological polar surface area (TPSA) is 79.8 Å². The van der Waals surface area contributed by atoms with E-state index in [0.717, 1.165) is 4.47 Å². The van der Waals surface area contributed by atoms with Gasteiger partial charge in [-0.2, -0.15) is 5.10 Å².